The number of nitrogens with zero attached hydrogens (tertiary/aromatic N) is 3. The van der Waals surface area contributed by atoms with Crippen LogP contribution >= 0.6 is 22.9 Å². The summed E-state index contributed by atoms with van der Waals surface area (Å²) in [7, 11) is -3.67. The zero-order valence-electron chi connectivity index (χ0n) is 17.0. The van der Waals surface area contributed by atoms with Crippen LogP contribution in [0.15, 0.2) is 41.3 Å². The van der Waals surface area contributed by atoms with Gasteiger partial charge in [-0.25, -0.2) is 8.42 Å². The van der Waals surface area contributed by atoms with Gasteiger partial charge < -0.3 is 4.90 Å². The second-order valence-corrected chi connectivity index (χ2v) is 11.6. The molecule has 1 amide bonds. The lowest BCUT2D eigenvalue weighted by Crippen LogP contribution is -2.54. The molecule has 0 saturated carbocycles. The molecule has 162 valence electrons. The molecule has 1 aromatic carbocycles. The average molecular weight is 468 g/mol. The molecule has 4 rings (SSSR count). The number of piperazine rings is 1. The van der Waals surface area contributed by atoms with E-state index in [1.54, 1.807) is 35.6 Å². The first-order chi connectivity index (χ1) is 14.3. The first-order valence-electron chi connectivity index (χ1n) is 10.2. The van der Waals surface area contributed by atoms with E-state index < -0.39 is 16.1 Å². The average Bonchev–Trinajstić information content (AvgIpc) is 3.38. The molecule has 6 nitrogen and oxygen atoms in total. The van der Waals surface area contributed by atoms with Crippen molar-refractivity contribution in [2.75, 3.05) is 32.7 Å². The molecule has 0 spiro atoms. The van der Waals surface area contributed by atoms with Crippen LogP contribution < -0.4 is 0 Å². The van der Waals surface area contributed by atoms with E-state index in [2.05, 4.69) is 4.90 Å². The van der Waals surface area contributed by atoms with Crippen molar-refractivity contribution < 1.29 is 13.2 Å². The normalized spacial score (nSPS) is 21.3. The van der Waals surface area contributed by atoms with Crippen molar-refractivity contribution in [3.8, 4) is 0 Å². The van der Waals surface area contributed by atoms with Gasteiger partial charge in [0, 0.05) is 44.1 Å². The SMILES string of the molecule is Cc1ccc(S(=O)(=O)N2CCCC2C(=O)N2CCN(Cc3ccc(Cl)s3)CC2)cc1. The molecule has 0 radical (unpaired) electrons. The smallest absolute Gasteiger partial charge is 0.243 e. The number of amides is 1. The van der Waals surface area contributed by atoms with Crippen molar-refractivity contribution in [1.29, 1.82) is 0 Å². The molecule has 3 heterocycles. The Morgan fingerprint density at radius 2 is 1.77 bits per heavy atom. The van der Waals surface area contributed by atoms with Crippen LogP contribution in [0.5, 0.6) is 0 Å². The zero-order chi connectivity index (χ0) is 21.3. The molecule has 1 unspecified atom stereocenters. The van der Waals surface area contributed by atoms with E-state index >= 15 is 0 Å². The number of sulfonamides is 1. The fourth-order valence-corrected chi connectivity index (χ4v) is 6.90. The van der Waals surface area contributed by atoms with Crippen molar-refractivity contribution in [2.45, 2.75) is 37.2 Å². The van der Waals surface area contributed by atoms with E-state index in [0.717, 1.165) is 29.5 Å². The van der Waals surface area contributed by atoms with Gasteiger partial charge in [-0.05, 0) is 44.0 Å². The molecule has 2 aliphatic heterocycles. The van der Waals surface area contributed by atoms with Crippen LogP contribution in [-0.4, -0.2) is 67.2 Å². The molecule has 2 aromatic rings. The van der Waals surface area contributed by atoms with Gasteiger partial charge in [-0.2, -0.15) is 4.31 Å². The van der Waals surface area contributed by atoms with Crippen LogP contribution in [0.25, 0.3) is 0 Å². The monoisotopic (exact) mass is 467 g/mol. The summed E-state index contributed by atoms with van der Waals surface area (Å²) in [5.74, 6) is -0.0676. The lowest BCUT2D eigenvalue weighted by atomic mass is 10.2. The van der Waals surface area contributed by atoms with Crippen LogP contribution in [0.1, 0.15) is 23.3 Å². The van der Waals surface area contributed by atoms with E-state index in [1.807, 2.05) is 24.0 Å². The summed E-state index contributed by atoms with van der Waals surface area (Å²) in [6, 6.07) is 10.2. The van der Waals surface area contributed by atoms with Gasteiger partial charge in [0.15, 0.2) is 0 Å². The maximum absolute atomic E-state index is 13.2. The lowest BCUT2D eigenvalue weighted by molar-refractivity contribution is -0.136. The Morgan fingerprint density at radius 1 is 1.07 bits per heavy atom. The topological polar surface area (TPSA) is 60.9 Å². The molecule has 9 heteroatoms. The van der Waals surface area contributed by atoms with Gasteiger partial charge in [-0.1, -0.05) is 29.3 Å². The number of hydrogen-bond acceptors (Lipinski definition) is 5. The molecule has 0 bridgehead atoms. The minimum absolute atomic E-state index is 0.0676. The van der Waals surface area contributed by atoms with Gasteiger partial charge in [-0.3, -0.25) is 9.69 Å². The van der Waals surface area contributed by atoms with Crippen molar-refractivity contribution >= 4 is 38.9 Å². The Balaban J connectivity index is 1.40. The summed E-state index contributed by atoms with van der Waals surface area (Å²) >= 11 is 7.59. The first-order valence-corrected chi connectivity index (χ1v) is 12.8. The third-order valence-electron chi connectivity index (χ3n) is 5.81. The second kappa shape index (κ2) is 8.96. The molecule has 2 aliphatic rings. The second-order valence-electron chi connectivity index (χ2n) is 7.89. The number of thiophene rings is 1. The first kappa shape index (κ1) is 21.8. The predicted molar refractivity (Wildman–Crippen MR) is 119 cm³/mol. The Labute approximate surface area is 187 Å². The highest BCUT2D eigenvalue weighted by molar-refractivity contribution is 7.89. The molecule has 0 aliphatic carbocycles. The van der Waals surface area contributed by atoms with Gasteiger partial charge >= 0.3 is 0 Å². The largest absolute Gasteiger partial charge is 0.339 e. The molecule has 30 heavy (non-hydrogen) atoms. The van der Waals surface area contributed by atoms with Crippen molar-refractivity contribution in [3.05, 3.63) is 51.2 Å². The summed E-state index contributed by atoms with van der Waals surface area (Å²) in [5.41, 5.74) is 1.01. The highest BCUT2D eigenvalue weighted by Gasteiger charge is 2.41. The number of halogens is 1. The van der Waals surface area contributed by atoms with Crippen LogP contribution in [0, 0.1) is 6.92 Å². The van der Waals surface area contributed by atoms with Gasteiger partial charge in [0.05, 0.1) is 9.23 Å². The van der Waals surface area contributed by atoms with E-state index in [1.165, 1.54) is 9.18 Å². The summed E-state index contributed by atoms with van der Waals surface area (Å²) < 4.78 is 28.5. The number of aryl methyl sites for hydroxylation is 1. The summed E-state index contributed by atoms with van der Waals surface area (Å²) in [6.45, 7) is 5.94. The predicted octanol–water partition coefficient (Wildman–Crippen LogP) is 3.21. The molecule has 1 aromatic heterocycles. The summed E-state index contributed by atoms with van der Waals surface area (Å²) in [5, 5.41) is 0. The van der Waals surface area contributed by atoms with Crippen molar-refractivity contribution in [3.63, 3.8) is 0 Å². The number of hydrogen-bond donors (Lipinski definition) is 0. The maximum atomic E-state index is 13.2. The standard InChI is InChI=1S/C21H26ClN3O3S2/c1-16-4-7-18(8-5-16)30(27,28)25-10-2-3-19(25)21(26)24-13-11-23(12-14-24)15-17-6-9-20(22)29-17/h4-9,19H,2-3,10-15H2,1H3. The van der Waals surface area contributed by atoms with E-state index in [-0.39, 0.29) is 10.8 Å². The Kier molecular flexibility index (Phi) is 6.50. The minimum Gasteiger partial charge on any atom is -0.339 e. The molecular weight excluding hydrogens is 442 g/mol. The molecule has 1 atom stereocenters. The Bertz CT molecular complexity index is 999. The third kappa shape index (κ3) is 4.57. The fraction of sp³-hybridized carbons (Fsp3) is 0.476. The van der Waals surface area contributed by atoms with E-state index in [4.69, 9.17) is 11.6 Å². The van der Waals surface area contributed by atoms with Gasteiger partial charge in [0.1, 0.15) is 6.04 Å². The van der Waals surface area contributed by atoms with Crippen molar-refractivity contribution in [2.24, 2.45) is 0 Å². The lowest BCUT2D eigenvalue weighted by Gasteiger charge is -2.37. The van der Waals surface area contributed by atoms with Crippen LogP contribution in [0.2, 0.25) is 4.34 Å². The van der Waals surface area contributed by atoms with Crippen LogP contribution in [-0.2, 0) is 21.4 Å². The minimum atomic E-state index is -3.67. The Morgan fingerprint density at radius 3 is 2.40 bits per heavy atom. The number of benzene rings is 1. The molecule has 2 saturated heterocycles. The maximum Gasteiger partial charge on any atom is 0.243 e. The zero-order valence-corrected chi connectivity index (χ0v) is 19.3. The van der Waals surface area contributed by atoms with Gasteiger partial charge in [0.25, 0.3) is 0 Å². The van der Waals surface area contributed by atoms with Gasteiger partial charge in [0.2, 0.25) is 15.9 Å². The van der Waals surface area contributed by atoms with Gasteiger partial charge in [-0.15, -0.1) is 11.3 Å². The Hall–Kier alpha value is -1.45. The number of rotatable bonds is 5. The summed E-state index contributed by atoms with van der Waals surface area (Å²) in [6.07, 6.45) is 1.29. The molecule has 2 fully saturated rings. The molecule has 0 N–H and O–H groups in total. The van der Waals surface area contributed by atoms with Crippen LogP contribution in [0.3, 0.4) is 0 Å². The quantitative estimate of drug-likeness (QED) is 0.677. The molecular formula is C21H26ClN3O3S2. The highest BCUT2D eigenvalue weighted by atomic mass is 35.5. The number of carbonyl (C=O) groups excluding carboxylic acids is 1. The van der Waals surface area contributed by atoms with E-state index in [9.17, 15) is 13.2 Å². The fourth-order valence-electron chi connectivity index (χ4n) is 4.11. The van der Waals surface area contributed by atoms with E-state index in [0.29, 0.717) is 32.5 Å². The highest BCUT2D eigenvalue weighted by Crippen LogP contribution is 2.28. The van der Waals surface area contributed by atoms with Crippen molar-refractivity contribution in [1.82, 2.24) is 14.1 Å². The number of carbonyl (C=O) groups is 1. The third-order valence-corrected chi connectivity index (χ3v) is 8.95. The summed E-state index contributed by atoms with van der Waals surface area (Å²) in [4.78, 5) is 18.8. The van der Waals surface area contributed by atoms with Crippen LogP contribution in [0.4, 0.5) is 0 Å².